The molecule has 4 amide bonds. The number of nitrogens with zero attached hydrogens (tertiary/aromatic N) is 2. The highest BCUT2D eigenvalue weighted by molar-refractivity contribution is 6.12. The first-order valence-corrected chi connectivity index (χ1v) is 9.94. The number of hydrogen-bond donors (Lipinski definition) is 1. The van der Waals surface area contributed by atoms with Crippen LogP contribution in [0.2, 0.25) is 0 Å². The number of carbonyl (C=O) groups excluding carboxylic acids is 3. The molecular formula is C20H26N3O4+. The predicted octanol–water partition coefficient (Wildman–Crippen LogP) is 2.44. The van der Waals surface area contributed by atoms with Gasteiger partial charge in [0.25, 0.3) is 5.91 Å². The quantitative estimate of drug-likeness (QED) is 0.805. The van der Waals surface area contributed by atoms with Crippen LogP contribution in [-0.2, 0) is 16.1 Å². The Morgan fingerprint density at radius 3 is 2.74 bits per heavy atom. The highest BCUT2D eigenvalue weighted by Gasteiger charge is 2.52. The minimum Gasteiger partial charge on any atom is -0.467 e. The van der Waals surface area contributed by atoms with Gasteiger partial charge in [0.15, 0.2) is 6.54 Å². The third-order valence-electron chi connectivity index (χ3n) is 5.93. The number of rotatable bonds is 5. The molecule has 4 rings (SSSR count). The maximum Gasteiger partial charge on any atom is 0.501 e. The smallest absolute Gasteiger partial charge is 0.467 e. The molecule has 7 heteroatoms. The summed E-state index contributed by atoms with van der Waals surface area (Å²) < 4.78 is 6.78. The van der Waals surface area contributed by atoms with Crippen LogP contribution < -0.4 is 5.32 Å². The minimum absolute atomic E-state index is 0.0189. The van der Waals surface area contributed by atoms with Gasteiger partial charge in [-0.3, -0.25) is 4.79 Å². The second-order valence-corrected chi connectivity index (χ2v) is 7.66. The first-order chi connectivity index (χ1) is 13.1. The van der Waals surface area contributed by atoms with Crippen molar-refractivity contribution in [2.45, 2.75) is 64.0 Å². The van der Waals surface area contributed by atoms with E-state index in [-0.39, 0.29) is 42.9 Å². The molecule has 0 radical (unpaired) electrons. The maximum atomic E-state index is 13.2. The van der Waals surface area contributed by atoms with Gasteiger partial charge in [-0.1, -0.05) is 6.42 Å². The monoisotopic (exact) mass is 372 g/mol. The summed E-state index contributed by atoms with van der Waals surface area (Å²) in [6, 6.07) is 3.22. The number of fused-ring (bicyclic) bond motifs is 1. The first-order valence-electron chi connectivity index (χ1n) is 9.94. The van der Waals surface area contributed by atoms with Crippen molar-refractivity contribution >= 4 is 23.6 Å². The van der Waals surface area contributed by atoms with Crippen molar-refractivity contribution in [3.05, 3.63) is 24.2 Å². The van der Waals surface area contributed by atoms with Gasteiger partial charge in [0, 0.05) is 6.42 Å². The third-order valence-corrected chi connectivity index (χ3v) is 5.93. The summed E-state index contributed by atoms with van der Waals surface area (Å²) in [5, 5.41) is 2.80. The van der Waals surface area contributed by atoms with Crippen LogP contribution in [0.3, 0.4) is 0 Å². The Morgan fingerprint density at radius 1 is 1.19 bits per heavy atom. The number of urea groups is 1. The summed E-state index contributed by atoms with van der Waals surface area (Å²) in [5.41, 5.74) is 0.824. The molecule has 27 heavy (non-hydrogen) atoms. The van der Waals surface area contributed by atoms with Crippen LogP contribution in [-0.4, -0.2) is 45.6 Å². The molecule has 2 heterocycles. The lowest BCUT2D eigenvalue weighted by Crippen LogP contribution is -2.58. The van der Waals surface area contributed by atoms with Gasteiger partial charge in [-0.05, 0) is 50.7 Å². The molecule has 2 saturated carbocycles. The maximum absolute atomic E-state index is 13.2. The number of carbonyl (C=O) groups is 3. The second-order valence-electron chi connectivity index (χ2n) is 7.66. The minimum atomic E-state index is -0.312. The Kier molecular flexibility index (Phi) is 5.09. The molecule has 144 valence electrons. The zero-order chi connectivity index (χ0) is 18.8. The lowest BCUT2D eigenvalue weighted by Gasteiger charge is -2.31. The van der Waals surface area contributed by atoms with Crippen LogP contribution >= 0.6 is 0 Å². The molecule has 1 unspecified atom stereocenters. The van der Waals surface area contributed by atoms with Gasteiger partial charge >= 0.3 is 11.9 Å². The highest BCUT2D eigenvalue weighted by Crippen LogP contribution is 2.32. The van der Waals surface area contributed by atoms with E-state index in [1.165, 1.54) is 4.90 Å². The Bertz CT molecular complexity index is 762. The number of imide groups is 1. The van der Waals surface area contributed by atoms with Crippen LogP contribution in [0.15, 0.2) is 22.8 Å². The zero-order valence-corrected chi connectivity index (χ0v) is 15.5. The van der Waals surface area contributed by atoms with Crippen molar-refractivity contribution in [2.75, 3.05) is 6.54 Å². The van der Waals surface area contributed by atoms with Gasteiger partial charge < -0.3 is 9.73 Å². The largest absolute Gasteiger partial charge is 0.501 e. The fourth-order valence-corrected chi connectivity index (χ4v) is 4.58. The molecule has 0 saturated heterocycles. The molecule has 0 bridgehead atoms. The average molecular weight is 372 g/mol. The zero-order valence-electron chi connectivity index (χ0n) is 15.5. The Labute approximate surface area is 158 Å². The lowest BCUT2D eigenvalue weighted by molar-refractivity contribution is -0.431. The van der Waals surface area contributed by atoms with Crippen molar-refractivity contribution in [1.82, 2.24) is 10.2 Å². The van der Waals surface area contributed by atoms with Crippen LogP contribution in [0, 0.1) is 5.92 Å². The van der Waals surface area contributed by atoms with Crippen LogP contribution in [0.25, 0.3) is 0 Å². The number of amides is 4. The van der Waals surface area contributed by atoms with Crippen LogP contribution in [0.1, 0.15) is 57.1 Å². The van der Waals surface area contributed by atoms with Crippen molar-refractivity contribution in [3.8, 4) is 0 Å². The van der Waals surface area contributed by atoms with Gasteiger partial charge in [-0.15, -0.1) is 0 Å². The van der Waals surface area contributed by atoms with Gasteiger partial charge in [0.1, 0.15) is 17.7 Å². The molecule has 1 aromatic rings. The number of hydrogen-bond acceptors (Lipinski definition) is 4. The molecule has 3 aliphatic rings. The van der Waals surface area contributed by atoms with Gasteiger partial charge in [0.05, 0.1) is 18.5 Å². The first kappa shape index (κ1) is 17.9. The van der Waals surface area contributed by atoms with Crippen LogP contribution in [0.4, 0.5) is 4.79 Å². The molecule has 2 aliphatic carbocycles. The summed E-state index contributed by atoms with van der Waals surface area (Å²) in [6.07, 6.45) is 8.94. The molecule has 0 spiro atoms. The molecule has 7 nitrogen and oxygen atoms in total. The van der Waals surface area contributed by atoms with Crippen molar-refractivity contribution < 1.29 is 23.4 Å². The molecule has 1 aromatic heterocycles. The van der Waals surface area contributed by atoms with E-state index in [1.54, 1.807) is 23.0 Å². The average Bonchev–Trinajstić information content (AvgIpc) is 3.36. The van der Waals surface area contributed by atoms with Crippen LogP contribution in [0.5, 0.6) is 0 Å². The summed E-state index contributed by atoms with van der Waals surface area (Å²) in [4.78, 5) is 40.0. The predicted molar refractivity (Wildman–Crippen MR) is 97.1 cm³/mol. The van der Waals surface area contributed by atoms with E-state index in [1.807, 2.05) is 0 Å². The van der Waals surface area contributed by atoms with E-state index < -0.39 is 0 Å². The Morgan fingerprint density at radius 2 is 2.00 bits per heavy atom. The fraction of sp³-hybridized carbons (Fsp3) is 0.600. The van der Waals surface area contributed by atoms with E-state index in [9.17, 15) is 14.4 Å². The summed E-state index contributed by atoms with van der Waals surface area (Å²) >= 11 is 0. The number of furan rings is 1. The topological polar surface area (TPSA) is 82.6 Å². The SMILES string of the molecule is O=C(C[N+]1=C2CCCC2C(=O)N(C2CCCCC2)C1=O)NCc1ccco1. The van der Waals surface area contributed by atoms with Crippen molar-refractivity contribution in [3.63, 3.8) is 0 Å². The standard InChI is InChI=1S/C20H25N3O4/c24-18(21-12-15-8-5-11-27-15)13-22-17-10-4-9-16(17)19(25)23(20(22)26)14-6-2-1-3-7-14/h5,8,11,14,16H,1-4,6-7,9-10,12-13H2/p+1. The van der Waals surface area contributed by atoms with Gasteiger partial charge in [-0.25, -0.2) is 4.79 Å². The molecule has 0 aromatic carbocycles. The lowest BCUT2D eigenvalue weighted by atomic mass is 9.92. The molecule has 1 N–H and O–H groups in total. The second kappa shape index (κ2) is 7.66. The summed E-state index contributed by atoms with van der Waals surface area (Å²) in [7, 11) is 0. The molecular weight excluding hydrogens is 346 g/mol. The Balaban J connectivity index is 1.51. The molecule has 1 aliphatic heterocycles. The van der Waals surface area contributed by atoms with E-state index >= 15 is 0 Å². The van der Waals surface area contributed by atoms with E-state index in [0.29, 0.717) is 12.2 Å². The Hall–Kier alpha value is -2.44. The van der Waals surface area contributed by atoms with Gasteiger partial charge in [-0.2, -0.15) is 14.3 Å². The van der Waals surface area contributed by atoms with E-state index in [0.717, 1.165) is 50.7 Å². The summed E-state index contributed by atoms with van der Waals surface area (Å²) in [5.74, 6) is 0.142. The highest BCUT2D eigenvalue weighted by atomic mass is 16.3. The van der Waals surface area contributed by atoms with Crippen molar-refractivity contribution in [1.29, 1.82) is 0 Å². The third kappa shape index (κ3) is 3.55. The molecule has 1 atom stereocenters. The van der Waals surface area contributed by atoms with Crippen molar-refractivity contribution in [2.24, 2.45) is 5.92 Å². The van der Waals surface area contributed by atoms with Gasteiger partial charge in [0.2, 0.25) is 0 Å². The van der Waals surface area contributed by atoms with E-state index in [2.05, 4.69) is 5.32 Å². The fourth-order valence-electron chi connectivity index (χ4n) is 4.58. The summed E-state index contributed by atoms with van der Waals surface area (Å²) in [6.45, 7) is 0.250. The normalized spacial score (nSPS) is 23.7. The number of nitrogens with one attached hydrogen (secondary N) is 1. The molecule has 2 fully saturated rings. The van der Waals surface area contributed by atoms with E-state index in [4.69, 9.17) is 4.42 Å².